The average Bonchev–Trinajstić information content (AvgIpc) is 2.65. The Morgan fingerprint density at radius 3 is 2.36 bits per heavy atom. The zero-order valence-electron chi connectivity index (χ0n) is 13.2. The molecule has 1 N–H and O–H groups in total. The highest BCUT2D eigenvalue weighted by atomic mass is 19.3. The summed E-state index contributed by atoms with van der Waals surface area (Å²) in [7, 11) is -0.590. The number of benzene rings is 1. The Bertz CT molecular complexity index is 547. The Morgan fingerprint density at radius 1 is 1.23 bits per heavy atom. The highest BCUT2D eigenvalue weighted by Gasteiger charge is 2.51. The number of carbonyl (C=O) groups is 1. The van der Waals surface area contributed by atoms with Crippen LogP contribution in [0.1, 0.15) is 38.1 Å². The summed E-state index contributed by atoms with van der Waals surface area (Å²) in [6.07, 6.45) is -2.57. The van der Waals surface area contributed by atoms with Crippen molar-refractivity contribution in [1.82, 2.24) is 5.32 Å². The van der Waals surface area contributed by atoms with Crippen LogP contribution in [0.2, 0.25) is 0 Å². The second-order valence-electron chi connectivity index (χ2n) is 6.31. The Hall–Kier alpha value is -1.47. The van der Waals surface area contributed by atoms with Gasteiger partial charge in [0.1, 0.15) is 0 Å². The second-order valence-corrected chi connectivity index (χ2v) is 6.31. The fourth-order valence-electron chi connectivity index (χ4n) is 2.08. The van der Waals surface area contributed by atoms with Crippen LogP contribution < -0.4 is 10.8 Å². The number of amides is 1. The summed E-state index contributed by atoms with van der Waals surface area (Å²) in [6.45, 7) is 7.08. The maximum Gasteiger partial charge on any atom is 0.494 e. The van der Waals surface area contributed by atoms with Crippen molar-refractivity contribution in [3.8, 4) is 0 Å². The molecule has 0 atom stereocenters. The molecule has 1 aliphatic rings. The van der Waals surface area contributed by atoms with Crippen LogP contribution in [0, 0.1) is 0 Å². The van der Waals surface area contributed by atoms with Gasteiger partial charge in [-0.3, -0.25) is 4.79 Å². The van der Waals surface area contributed by atoms with Gasteiger partial charge in [-0.2, -0.15) is 0 Å². The first-order chi connectivity index (χ1) is 10.1. The number of halogens is 2. The summed E-state index contributed by atoms with van der Waals surface area (Å²) in [4.78, 5) is 11.8. The monoisotopic (exact) mass is 311 g/mol. The van der Waals surface area contributed by atoms with E-state index in [9.17, 15) is 13.6 Å². The van der Waals surface area contributed by atoms with Crippen LogP contribution in [0.15, 0.2) is 24.3 Å². The molecule has 0 radical (unpaired) electrons. The first kappa shape index (κ1) is 16.9. The van der Waals surface area contributed by atoms with Crippen molar-refractivity contribution < 1.29 is 22.9 Å². The molecule has 120 valence electrons. The molecule has 1 aromatic carbocycles. The smallest absolute Gasteiger partial charge is 0.399 e. The number of rotatable bonds is 4. The van der Waals surface area contributed by atoms with Crippen LogP contribution >= 0.6 is 0 Å². The van der Waals surface area contributed by atoms with E-state index in [1.165, 1.54) is 0 Å². The molecule has 1 heterocycles. The van der Waals surface area contributed by atoms with Gasteiger partial charge in [-0.05, 0) is 45.3 Å². The molecule has 2 rings (SSSR count). The van der Waals surface area contributed by atoms with Crippen LogP contribution in [-0.2, 0) is 9.31 Å². The lowest BCUT2D eigenvalue weighted by atomic mass is 9.78. The minimum atomic E-state index is -2.57. The van der Waals surface area contributed by atoms with Gasteiger partial charge >= 0.3 is 7.12 Å². The normalized spacial score (nSPS) is 19.5. The van der Waals surface area contributed by atoms with Crippen LogP contribution in [0.3, 0.4) is 0 Å². The lowest BCUT2D eigenvalue weighted by Crippen LogP contribution is -2.41. The van der Waals surface area contributed by atoms with E-state index in [1.54, 1.807) is 24.3 Å². The summed E-state index contributed by atoms with van der Waals surface area (Å²) in [6, 6.07) is 6.63. The van der Waals surface area contributed by atoms with E-state index in [0.29, 0.717) is 11.0 Å². The number of hydrogen-bond acceptors (Lipinski definition) is 3. The van der Waals surface area contributed by atoms with Gasteiger partial charge < -0.3 is 14.6 Å². The second kappa shape index (κ2) is 5.97. The van der Waals surface area contributed by atoms with Gasteiger partial charge in [0.2, 0.25) is 0 Å². The zero-order valence-corrected chi connectivity index (χ0v) is 13.2. The molecule has 0 spiro atoms. The van der Waals surface area contributed by atoms with Crippen LogP contribution in [0.5, 0.6) is 0 Å². The van der Waals surface area contributed by atoms with Crippen molar-refractivity contribution >= 4 is 18.5 Å². The summed E-state index contributed by atoms with van der Waals surface area (Å²) < 4.78 is 36.1. The van der Waals surface area contributed by atoms with E-state index < -0.39 is 37.2 Å². The standard InChI is InChI=1S/C15H20BF2NO3/c1-14(2)15(3,4)22-16(21-14)11-7-5-6-10(8-11)13(20)19-9-12(17)18/h5-8,12H,9H2,1-4H3,(H,19,20). The van der Waals surface area contributed by atoms with Gasteiger partial charge in [0.05, 0.1) is 17.7 Å². The first-order valence-electron chi connectivity index (χ1n) is 7.14. The van der Waals surface area contributed by atoms with E-state index in [2.05, 4.69) is 5.32 Å². The van der Waals surface area contributed by atoms with Gasteiger partial charge in [0, 0.05) is 5.56 Å². The summed E-state index contributed by atoms with van der Waals surface area (Å²) >= 11 is 0. The lowest BCUT2D eigenvalue weighted by Gasteiger charge is -2.32. The molecule has 0 unspecified atom stereocenters. The maximum absolute atomic E-state index is 12.2. The fraction of sp³-hybridized carbons (Fsp3) is 0.533. The molecule has 22 heavy (non-hydrogen) atoms. The maximum atomic E-state index is 12.2. The van der Waals surface area contributed by atoms with Crippen molar-refractivity contribution in [1.29, 1.82) is 0 Å². The molecule has 4 nitrogen and oxygen atoms in total. The topological polar surface area (TPSA) is 47.6 Å². The summed E-state index contributed by atoms with van der Waals surface area (Å²) in [5.41, 5.74) is 0.0215. The van der Waals surface area contributed by atoms with Crippen LogP contribution in [-0.4, -0.2) is 37.2 Å². The Morgan fingerprint density at radius 2 is 1.82 bits per heavy atom. The number of alkyl halides is 2. The van der Waals surface area contributed by atoms with Gasteiger partial charge in [-0.25, -0.2) is 8.78 Å². The van der Waals surface area contributed by atoms with Crippen LogP contribution in [0.4, 0.5) is 8.78 Å². The highest BCUT2D eigenvalue weighted by Crippen LogP contribution is 2.36. The molecule has 0 aliphatic carbocycles. The Kier molecular flexibility index (Phi) is 4.58. The van der Waals surface area contributed by atoms with E-state index >= 15 is 0 Å². The fourth-order valence-corrected chi connectivity index (χ4v) is 2.08. The van der Waals surface area contributed by atoms with Crippen molar-refractivity contribution in [3.05, 3.63) is 29.8 Å². The first-order valence-corrected chi connectivity index (χ1v) is 7.14. The summed E-state index contributed by atoms with van der Waals surface area (Å²) in [5, 5.41) is 2.18. The SMILES string of the molecule is CC1(C)OB(c2cccc(C(=O)NCC(F)F)c2)OC1(C)C. The molecule has 1 fully saturated rings. The number of hydrogen-bond donors (Lipinski definition) is 1. The van der Waals surface area contributed by atoms with E-state index in [1.807, 2.05) is 27.7 Å². The molecule has 7 heteroatoms. The Labute approximate surface area is 129 Å². The number of carbonyl (C=O) groups excluding carboxylic acids is 1. The van der Waals surface area contributed by atoms with E-state index in [-0.39, 0.29) is 0 Å². The predicted molar refractivity (Wildman–Crippen MR) is 80.5 cm³/mol. The van der Waals surface area contributed by atoms with Crippen molar-refractivity contribution in [2.45, 2.75) is 45.3 Å². The van der Waals surface area contributed by atoms with Gasteiger partial charge in [-0.1, -0.05) is 12.1 Å². The molecule has 1 aliphatic heterocycles. The number of nitrogens with one attached hydrogen (secondary N) is 1. The minimum Gasteiger partial charge on any atom is -0.399 e. The molecule has 0 aromatic heterocycles. The molecule has 0 saturated carbocycles. The average molecular weight is 311 g/mol. The zero-order chi connectivity index (χ0) is 16.5. The lowest BCUT2D eigenvalue weighted by molar-refractivity contribution is 0.00578. The van der Waals surface area contributed by atoms with Crippen LogP contribution in [0.25, 0.3) is 0 Å². The molecule has 1 amide bonds. The predicted octanol–water partition coefficient (Wildman–Crippen LogP) is 1.98. The third-order valence-electron chi connectivity index (χ3n) is 4.09. The third-order valence-corrected chi connectivity index (χ3v) is 4.09. The van der Waals surface area contributed by atoms with E-state index in [0.717, 1.165) is 0 Å². The molecule has 1 aromatic rings. The van der Waals surface area contributed by atoms with Crippen molar-refractivity contribution in [3.63, 3.8) is 0 Å². The minimum absolute atomic E-state index is 0.299. The molecule has 0 bridgehead atoms. The van der Waals surface area contributed by atoms with Crippen molar-refractivity contribution in [2.24, 2.45) is 0 Å². The molecular weight excluding hydrogens is 291 g/mol. The van der Waals surface area contributed by atoms with Gasteiger partial charge in [-0.15, -0.1) is 0 Å². The molecular formula is C15H20BF2NO3. The third kappa shape index (κ3) is 3.47. The quantitative estimate of drug-likeness (QED) is 0.865. The molecule has 1 saturated heterocycles. The van der Waals surface area contributed by atoms with E-state index in [4.69, 9.17) is 9.31 Å². The van der Waals surface area contributed by atoms with Gasteiger partial charge in [0.15, 0.2) is 0 Å². The Balaban J connectivity index is 2.14. The van der Waals surface area contributed by atoms with Gasteiger partial charge in [0.25, 0.3) is 12.3 Å². The highest BCUT2D eigenvalue weighted by molar-refractivity contribution is 6.62. The largest absolute Gasteiger partial charge is 0.494 e. The summed E-state index contributed by atoms with van der Waals surface area (Å²) in [5.74, 6) is -0.543. The van der Waals surface area contributed by atoms with Crippen molar-refractivity contribution in [2.75, 3.05) is 6.54 Å².